The van der Waals surface area contributed by atoms with Crippen molar-refractivity contribution in [1.29, 1.82) is 0 Å². The largest absolute Gasteiger partial charge is 0.480 e. The Morgan fingerprint density at radius 2 is 2.04 bits per heavy atom. The van der Waals surface area contributed by atoms with Crippen LogP contribution < -0.4 is 10.1 Å². The van der Waals surface area contributed by atoms with E-state index >= 15 is 0 Å². The molecular formula is C18H19N3O2. The normalized spacial score (nSPS) is 12.1. The average molecular weight is 309 g/mol. The van der Waals surface area contributed by atoms with Crippen LogP contribution in [0.3, 0.4) is 0 Å². The second-order valence-corrected chi connectivity index (χ2v) is 5.47. The van der Waals surface area contributed by atoms with Gasteiger partial charge in [-0.25, -0.2) is 4.98 Å². The zero-order valence-electron chi connectivity index (χ0n) is 13.2. The van der Waals surface area contributed by atoms with E-state index in [0.717, 1.165) is 11.3 Å². The standard InChI is InChI=1S/C18H19N3O2/c1-13-11-21-10-6-9-16(18(21)19-13)23-12-17(22)20-14(2)15-7-4-3-5-8-15/h3-11,14H,12H2,1-2H3,(H,20,22). The zero-order valence-corrected chi connectivity index (χ0v) is 13.2. The Labute approximate surface area is 134 Å². The minimum absolute atomic E-state index is 0.0389. The third-order valence-electron chi connectivity index (χ3n) is 3.60. The minimum Gasteiger partial charge on any atom is -0.480 e. The van der Waals surface area contributed by atoms with Crippen LogP contribution in [0.25, 0.3) is 5.65 Å². The lowest BCUT2D eigenvalue weighted by Crippen LogP contribution is -2.31. The van der Waals surface area contributed by atoms with Crippen LogP contribution in [0.15, 0.2) is 54.9 Å². The maximum atomic E-state index is 12.1. The molecule has 0 fully saturated rings. The highest BCUT2D eigenvalue weighted by Crippen LogP contribution is 2.18. The molecule has 0 spiro atoms. The van der Waals surface area contributed by atoms with Crippen LogP contribution in [-0.4, -0.2) is 21.9 Å². The maximum absolute atomic E-state index is 12.1. The summed E-state index contributed by atoms with van der Waals surface area (Å²) in [5.41, 5.74) is 2.68. The van der Waals surface area contributed by atoms with Gasteiger partial charge in [0.15, 0.2) is 18.0 Å². The molecule has 0 aliphatic carbocycles. The van der Waals surface area contributed by atoms with Crippen molar-refractivity contribution in [2.24, 2.45) is 0 Å². The molecule has 1 atom stereocenters. The molecular weight excluding hydrogens is 290 g/mol. The van der Waals surface area contributed by atoms with Gasteiger partial charge in [-0.2, -0.15) is 0 Å². The van der Waals surface area contributed by atoms with Crippen molar-refractivity contribution in [2.45, 2.75) is 19.9 Å². The van der Waals surface area contributed by atoms with Crippen LogP contribution in [0.2, 0.25) is 0 Å². The molecule has 3 aromatic rings. The summed E-state index contributed by atoms with van der Waals surface area (Å²) < 4.78 is 7.52. The summed E-state index contributed by atoms with van der Waals surface area (Å²) in [4.78, 5) is 16.5. The predicted octanol–water partition coefficient (Wildman–Crippen LogP) is 2.90. The van der Waals surface area contributed by atoms with Crippen molar-refractivity contribution < 1.29 is 9.53 Å². The average Bonchev–Trinajstić information content (AvgIpc) is 2.94. The Morgan fingerprint density at radius 1 is 1.26 bits per heavy atom. The molecule has 2 heterocycles. The summed E-state index contributed by atoms with van der Waals surface area (Å²) in [5, 5.41) is 2.93. The van der Waals surface area contributed by atoms with Gasteiger partial charge in [0, 0.05) is 12.4 Å². The van der Waals surface area contributed by atoms with Crippen LogP contribution in [0.5, 0.6) is 5.75 Å². The van der Waals surface area contributed by atoms with Gasteiger partial charge >= 0.3 is 0 Å². The number of imidazole rings is 1. The Kier molecular flexibility index (Phi) is 4.28. The molecule has 0 aliphatic rings. The number of carbonyl (C=O) groups excluding carboxylic acids is 1. The summed E-state index contributed by atoms with van der Waals surface area (Å²) in [6, 6.07) is 13.5. The van der Waals surface area contributed by atoms with E-state index in [-0.39, 0.29) is 18.6 Å². The monoisotopic (exact) mass is 309 g/mol. The number of fused-ring (bicyclic) bond motifs is 1. The number of benzene rings is 1. The van der Waals surface area contributed by atoms with Crippen molar-refractivity contribution in [1.82, 2.24) is 14.7 Å². The van der Waals surface area contributed by atoms with Crippen molar-refractivity contribution in [3.8, 4) is 5.75 Å². The van der Waals surface area contributed by atoms with Gasteiger partial charge in [-0.3, -0.25) is 4.79 Å². The highest BCUT2D eigenvalue weighted by molar-refractivity contribution is 5.78. The molecule has 5 heteroatoms. The highest BCUT2D eigenvalue weighted by atomic mass is 16.5. The highest BCUT2D eigenvalue weighted by Gasteiger charge is 2.11. The van der Waals surface area contributed by atoms with Crippen LogP contribution in [0, 0.1) is 6.92 Å². The molecule has 0 saturated carbocycles. The third kappa shape index (κ3) is 3.51. The number of nitrogens with one attached hydrogen (secondary N) is 1. The molecule has 3 rings (SSSR count). The molecule has 0 bridgehead atoms. The van der Waals surface area contributed by atoms with E-state index in [0.29, 0.717) is 11.4 Å². The molecule has 1 unspecified atom stereocenters. The van der Waals surface area contributed by atoms with Gasteiger partial charge < -0.3 is 14.5 Å². The van der Waals surface area contributed by atoms with Crippen molar-refractivity contribution in [3.63, 3.8) is 0 Å². The number of ether oxygens (including phenoxy) is 1. The molecule has 1 aromatic carbocycles. The van der Waals surface area contributed by atoms with E-state index in [1.807, 2.05) is 73.1 Å². The number of pyridine rings is 1. The summed E-state index contributed by atoms with van der Waals surface area (Å²) >= 11 is 0. The fourth-order valence-electron chi connectivity index (χ4n) is 2.47. The van der Waals surface area contributed by atoms with E-state index in [2.05, 4.69) is 10.3 Å². The molecule has 5 nitrogen and oxygen atoms in total. The van der Waals surface area contributed by atoms with E-state index in [9.17, 15) is 4.79 Å². The molecule has 0 radical (unpaired) electrons. The first kappa shape index (κ1) is 15.1. The zero-order chi connectivity index (χ0) is 16.2. The van der Waals surface area contributed by atoms with E-state index < -0.39 is 0 Å². The Morgan fingerprint density at radius 3 is 2.83 bits per heavy atom. The summed E-state index contributed by atoms with van der Waals surface area (Å²) in [7, 11) is 0. The van der Waals surface area contributed by atoms with Gasteiger partial charge in [0.25, 0.3) is 5.91 Å². The fraction of sp³-hybridized carbons (Fsp3) is 0.222. The van der Waals surface area contributed by atoms with Crippen LogP contribution in [0.4, 0.5) is 0 Å². The summed E-state index contributed by atoms with van der Waals surface area (Å²) in [6.45, 7) is 3.83. The number of amides is 1. The van der Waals surface area contributed by atoms with Gasteiger partial charge in [0.1, 0.15) is 0 Å². The minimum atomic E-state index is -0.161. The second-order valence-electron chi connectivity index (χ2n) is 5.47. The van der Waals surface area contributed by atoms with Gasteiger partial charge in [0.2, 0.25) is 0 Å². The van der Waals surface area contributed by atoms with Crippen LogP contribution in [0.1, 0.15) is 24.2 Å². The summed E-state index contributed by atoms with van der Waals surface area (Å²) in [5.74, 6) is 0.440. The SMILES string of the molecule is Cc1cn2cccc(OCC(=O)NC(C)c3ccccc3)c2n1. The number of aryl methyl sites for hydroxylation is 1. The van der Waals surface area contributed by atoms with Gasteiger partial charge in [-0.05, 0) is 31.5 Å². The Bertz CT molecular complexity index is 812. The maximum Gasteiger partial charge on any atom is 0.258 e. The number of hydrogen-bond donors (Lipinski definition) is 1. The van der Waals surface area contributed by atoms with Crippen LogP contribution >= 0.6 is 0 Å². The number of carbonyl (C=O) groups is 1. The second kappa shape index (κ2) is 6.52. The quantitative estimate of drug-likeness (QED) is 0.788. The number of rotatable bonds is 5. The lowest BCUT2D eigenvalue weighted by atomic mass is 10.1. The molecule has 0 saturated heterocycles. The van der Waals surface area contributed by atoms with Crippen molar-refractivity contribution in [3.05, 3.63) is 66.1 Å². The molecule has 1 amide bonds. The topological polar surface area (TPSA) is 55.6 Å². The number of nitrogens with zero attached hydrogens (tertiary/aromatic N) is 2. The molecule has 1 N–H and O–H groups in total. The predicted molar refractivity (Wildman–Crippen MR) is 88.4 cm³/mol. The van der Waals surface area contributed by atoms with Crippen molar-refractivity contribution in [2.75, 3.05) is 6.61 Å². The molecule has 23 heavy (non-hydrogen) atoms. The Hall–Kier alpha value is -2.82. The first-order valence-electron chi connectivity index (χ1n) is 7.55. The molecule has 2 aromatic heterocycles. The number of aromatic nitrogens is 2. The lowest BCUT2D eigenvalue weighted by molar-refractivity contribution is -0.123. The van der Waals surface area contributed by atoms with E-state index in [1.165, 1.54) is 0 Å². The van der Waals surface area contributed by atoms with Gasteiger partial charge in [-0.1, -0.05) is 30.3 Å². The summed E-state index contributed by atoms with van der Waals surface area (Å²) in [6.07, 6.45) is 3.82. The van der Waals surface area contributed by atoms with Gasteiger partial charge in [-0.15, -0.1) is 0 Å². The fourth-order valence-corrected chi connectivity index (χ4v) is 2.47. The third-order valence-corrected chi connectivity index (χ3v) is 3.60. The van der Waals surface area contributed by atoms with E-state index in [1.54, 1.807) is 0 Å². The first-order valence-corrected chi connectivity index (χ1v) is 7.55. The van der Waals surface area contributed by atoms with E-state index in [4.69, 9.17) is 4.74 Å². The number of hydrogen-bond acceptors (Lipinski definition) is 3. The first-order chi connectivity index (χ1) is 11.1. The molecule has 118 valence electrons. The molecule has 0 aliphatic heterocycles. The smallest absolute Gasteiger partial charge is 0.258 e. The lowest BCUT2D eigenvalue weighted by Gasteiger charge is -2.14. The Balaban J connectivity index is 1.62. The van der Waals surface area contributed by atoms with Gasteiger partial charge in [0.05, 0.1) is 11.7 Å². The van der Waals surface area contributed by atoms with Crippen LogP contribution in [-0.2, 0) is 4.79 Å². The van der Waals surface area contributed by atoms with Crippen molar-refractivity contribution >= 4 is 11.6 Å².